The summed E-state index contributed by atoms with van der Waals surface area (Å²) >= 11 is 0. The van der Waals surface area contributed by atoms with E-state index in [9.17, 15) is 0 Å². The minimum Gasteiger partial charge on any atom is -0.456 e. The Morgan fingerprint density at radius 1 is 0.179 bits per heavy atom. The van der Waals surface area contributed by atoms with Crippen LogP contribution >= 0.6 is 0 Å². The lowest BCUT2D eigenvalue weighted by Crippen LogP contribution is -1.98. The Kier molecular flexibility index (Phi) is 12.4. The van der Waals surface area contributed by atoms with E-state index in [0.29, 0.717) is 5.82 Å². The predicted octanol–water partition coefficient (Wildman–Crippen LogP) is 26.6. The number of para-hydroxylation sites is 6. The Balaban J connectivity index is 0.637. The van der Waals surface area contributed by atoms with E-state index in [1.807, 2.05) is 36.4 Å². The molecule has 8 heteroatoms. The molecule has 16 aromatic carbocycles. The summed E-state index contributed by atoms with van der Waals surface area (Å²) in [6.07, 6.45) is 0. The van der Waals surface area contributed by atoms with Crippen LogP contribution in [0, 0.1) is 0 Å². The number of aromatic nitrogens is 5. The summed E-state index contributed by atoms with van der Waals surface area (Å²) in [6.45, 7) is 0. The molecule has 0 aliphatic heterocycles. The molecule has 7 aromatic heterocycles. The highest BCUT2D eigenvalue weighted by Gasteiger charge is 2.22. The Hall–Kier alpha value is -14.3. The molecule has 106 heavy (non-hydrogen) atoms. The largest absolute Gasteiger partial charge is 0.456 e. The Morgan fingerprint density at radius 2 is 0.472 bits per heavy atom. The van der Waals surface area contributed by atoms with Crippen LogP contribution in [0.5, 0.6) is 0 Å². The first-order valence-corrected chi connectivity index (χ1v) is 36.0. The summed E-state index contributed by atoms with van der Waals surface area (Å²) in [4.78, 5) is 11.0. The standard InChI is InChI=1S/C98H57N5O3/c1-7-19-86-72(13-1)75-43-32-62(65-35-46-81-78-16-4-10-22-92(78)104-95(81)54-65)51-89(75)101(86)69-38-27-58(28-39-69)84-57-85(100-98(99-84)59-29-40-70(41-30-59)102-87-20-8-2-14-73(87)76-44-33-63(52-90(76)102)66-36-47-82-79-17-5-11-23-93(79)105-96(82)55-66)68-26-25-61-50-71(42-31-60(61)49-68)103-88-21-9-3-15-74(88)77-45-34-64(53-91(77)103)67-37-48-83-80-18-6-12-24-94(80)106-97(83)56-67/h1-57H. The fraction of sp³-hybridized carbons (Fsp3) is 0. The monoisotopic (exact) mass is 1350 g/mol. The quantitative estimate of drug-likeness (QED) is 0.144. The van der Waals surface area contributed by atoms with Gasteiger partial charge < -0.3 is 27.0 Å². The minimum atomic E-state index is 0.628. The van der Waals surface area contributed by atoms with Gasteiger partial charge in [-0.05, 0) is 196 Å². The lowest BCUT2D eigenvalue weighted by Gasteiger charge is -2.13. The van der Waals surface area contributed by atoms with Crippen LogP contribution in [0.25, 0.3) is 226 Å². The lowest BCUT2D eigenvalue weighted by molar-refractivity contribution is 0.668. The second-order valence-corrected chi connectivity index (χ2v) is 28.0. The van der Waals surface area contributed by atoms with Crippen molar-refractivity contribution in [2.75, 3.05) is 0 Å². The van der Waals surface area contributed by atoms with Crippen molar-refractivity contribution in [1.82, 2.24) is 23.7 Å². The average molecular weight is 1350 g/mol. The van der Waals surface area contributed by atoms with E-state index >= 15 is 0 Å². The number of rotatable bonds is 9. The van der Waals surface area contributed by atoms with Gasteiger partial charge in [-0.2, -0.15) is 0 Å². The first-order chi connectivity index (χ1) is 52.5. The highest BCUT2D eigenvalue weighted by Crippen LogP contribution is 2.43. The van der Waals surface area contributed by atoms with Crippen molar-refractivity contribution in [3.63, 3.8) is 0 Å². The van der Waals surface area contributed by atoms with E-state index in [-0.39, 0.29) is 0 Å². The SMILES string of the molecule is c1ccc2c(c1)oc1cc(-c3ccc4c5ccccc5n(-c5ccc(-c6cc(-c7ccc8cc(-n9c%10ccccc%10c%10ccc(-c%11ccc%12c(c%11)oc%11ccccc%11%12)cc%109)ccc8c7)nc(-c7ccc(-n8c9ccccc9c9ccc(-c%10ccc%11c(c%10)oc%10ccccc%10%11)cc98)cc7)n6)cc5)c4c3)ccc12. The molecule has 0 unspecified atom stereocenters. The van der Waals surface area contributed by atoms with Gasteiger partial charge in [0.1, 0.15) is 33.5 Å². The number of furan rings is 3. The third-order valence-electron chi connectivity index (χ3n) is 22.1. The van der Waals surface area contributed by atoms with Gasteiger partial charge in [0.05, 0.1) is 44.5 Å². The molecule has 0 atom stereocenters. The molecule has 8 nitrogen and oxygen atoms in total. The summed E-state index contributed by atoms with van der Waals surface area (Å²) in [6, 6.07) is 124. The topological polar surface area (TPSA) is 80.0 Å². The second kappa shape index (κ2) is 22.6. The van der Waals surface area contributed by atoms with Crippen LogP contribution in [0.1, 0.15) is 0 Å². The maximum Gasteiger partial charge on any atom is 0.160 e. The van der Waals surface area contributed by atoms with Crippen molar-refractivity contribution >= 4 is 142 Å². The fourth-order valence-corrected chi connectivity index (χ4v) is 16.9. The maximum absolute atomic E-state index is 6.39. The van der Waals surface area contributed by atoms with Gasteiger partial charge in [-0.3, -0.25) is 0 Å². The molecule has 0 fully saturated rings. The molecule has 0 bridgehead atoms. The van der Waals surface area contributed by atoms with Crippen molar-refractivity contribution < 1.29 is 13.3 Å². The zero-order valence-electron chi connectivity index (χ0n) is 56.9. The van der Waals surface area contributed by atoms with Crippen molar-refractivity contribution in [2.24, 2.45) is 0 Å². The number of benzene rings is 16. The van der Waals surface area contributed by atoms with E-state index in [0.717, 1.165) is 188 Å². The van der Waals surface area contributed by atoms with Crippen molar-refractivity contribution in [3.8, 4) is 84.3 Å². The van der Waals surface area contributed by atoms with Gasteiger partial charge in [0.2, 0.25) is 0 Å². The Morgan fingerprint density at radius 3 is 0.906 bits per heavy atom. The van der Waals surface area contributed by atoms with Crippen LogP contribution in [0.15, 0.2) is 359 Å². The molecule has 7 heterocycles. The fourth-order valence-electron chi connectivity index (χ4n) is 16.9. The maximum atomic E-state index is 6.39. The van der Waals surface area contributed by atoms with Crippen LogP contribution in [0.3, 0.4) is 0 Å². The number of nitrogens with zero attached hydrogens (tertiary/aromatic N) is 5. The average Bonchev–Trinajstić information content (AvgIpc) is 1.60. The predicted molar refractivity (Wildman–Crippen MR) is 437 cm³/mol. The Bertz CT molecular complexity index is 7350. The van der Waals surface area contributed by atoms with E-state index < -0.39 is 0 Å². The second-order valence-electron chi connectivity index (χ2n) is 28.0. The molecule has 0 radical (unpaired) electrons. The smallest absolute Gasteiger partial charge is 0.160 e. The van der Waals surface area contributed by atoms with E-state index in [2.05, 4.69) is 323 Å². The summed E-state index contributed by atoms with van der Waals surface area (Å²) in [7, 11) is 0. The molecular formula is C98H57N5O3. The molecule has 0 spiro atoms. The number of hydrogen-bond acceptors (Lipinski definition) is 5. The molecule has 0 saturated carbocycles. The van der Waals surface area contributed by atoms with Gasteiger partial charge in [0, 0.05) is 98.4 Å². The zero-order chi connectivity index (χ0) is 69.2. The van der Waals surface area contributed by atoms with Gasteiger partial charge in [0.15, 0.2) is 5.82 Å². The lowest BCUT2D eigenvalue weighted by atomic mass is 10.0. The summed E-state index contributed by atoms with van der Waals surface area (Å²) in [5.41, 5.74) is 26.4. The molecule has 23 rings (SSSR count). The van der Waals surface area contributed by atoms with Crippen LogP contribution in [0.2, 0.25) is 0 Å². The van der Waals surface area contributed by atoms with Crippen LogP contribution in [-0.4, -0.2) is 23.7 Å². The summed E-state index contributed by atoms with van der Waals surface area (Å²) in [5, 5.41) is 16.1. The van der Waals surface area contributed by atoms with E-state index in [4.69, 9.17) is 23.2 Å². The van der Waals surface area contributed by atoms with Crippen LogP contribution in [-0.2, 0) is 0 Å². The molecule has 23 aromatic rings. The van der Waals surface area contributed by atoms with Gasteiger partial charge in [0.25, 0.3) is 0 Å². The molecule has 0 amide bonds. The van der Waals surface area contributed by atoms with E-state index in [1.54, 1.807) is 0 Å². The highest BCUT2D eigenvalue weighted by atomic mass is 16.3. The number of fused-ring (bicyclic) bond motifs is 19. The van der Waals surface area contributed by atoms with Crippen LogP contribution < -0.4 is 0 Å². The van der Waals surface area contributed by atoms with Gasteiger partial charge >= 0.3 is 0 Å². The van der Waals surface area contributed by atoms with Crippen LogP contribution in [0.4, 0.5) is 0 Å². The zero-order valence-corrected chi connectivity index (χ0v) is 56.9. The first kappa shape index (κ1) is 58.3. The molecule has 0 N–H and O–H groups in total. The molecule has 0 saturated heterocycles. The first-order valence-electron chi connectivity index (χ1n) is 36.0. The summed E-state index contributed by atoms with van der Waals surface area (Å²) in [5.74, 6) is 0.628. The highest BCUT2D eigenvalue weighted by molar-refractivity contribution is 6.15. The minimum absolute atomic E-state index is 0.628. The van der Waals surface area contributed by atoms with Crippen molar-refractivity contribution in [3.05, 3.63) is 346 Å². The third kappa shape index (κ3) is 9.01. The summed E-state index contributed by atoms with van der Waals surface area (Å²) < 4.78 is 26.3. The Labute approximate surface area is 605 Å². The van der Waals surface area contributed by atoms with Gasteiger partial charge in [-0.1, -0.05) is 194 Å². The molecule has 492 valence electrons. The van der Waals surface area contributed by atoms with Gasteiger partial charge in [-0.25, -0.2) is 9.97 Å². The third-order valence-corrected chi connectivity index (χ3v) is 22.1. The molecule has 0 aliphatic carbocycles. The van der Waals surface area contributed by atoms with E-state index in [1.165, 1.54) is 32.3 Å². The van der Waals surface area contributed by atoms with Crippen molar-refractivity contribution in [2.45, 2.75) is 0 Å². The molecule has 0 aliphatic rings. The van der Waals surface area contributed by atoms with Crippen molar-refractivity contribution in [1.29, 1.82) is 0 Å². The normalized spacial score (nSPS) is 12.2. The van der Waals surface area contributed by atoms with Gasteiger partial charge in [-0.15, -0.1) is 0 Å². The number of hydrogen-bond donors (Lipinski definition) is 0. The molecular weight excluding hydrogens is 1300 g/mol.